The molecule has 1 unspecified atom stereocenters. The summed E-state index contributed by atoms with van der Waals surface area (Å²) < 4.78 is 18.6. The molecule has 0 aliphatic carbocycles. The SMILES string of the molecule is CN(C)CC(=O)N1CCOC(c2nc(O)c(O)c(C(=O)NCc3ccc(F)cc3)n2)C1. The van der Waals surface area contributed by atoms with Crippen LogP contribution in [0.15, 0.2) is 24.3 Å². The normalized spacial score (nSPS) is 16.4. The van der Waals surface area contributed by atoms with Gasteiger partial charge in [0.2, 0.25) is 11.7 Å². The second-order valence-electron chi connectivity index (χ2n) is 7.35. The van der Waals surface area contributed by atoms with E-state index in [-0.39, 0.29) is 38.0 Å². The van der Waals surface area contributed by atoms with Gasteiger partial charge in [0, 0.05) is 13.1 Å². The van der Waals surface area contributed by atoms with Crippen molar-refractivity contribution in [2.24, 2.45) is 0 Å². The number of benzene rings is 1. The highest BCUT2D eigenvalue weighted by molar-refractivity contribution is 5.95. The Kier molecular flexibility index (Phi) is 6.98. The van der Waals surface area contributed by atoms with Crippen molar-refractivity contribution in [3.63, 3.8) is 0 Å². The lowest BCUT2D eigenvalue weighted by molar-refractivity contribution is -0.139. The Labute approximate surface area is 178 Å². The number of hydrogen-bond acceptors (Lipinski definition) is 8. The molecule has 1 fully saturated rings. The van der Waals surface area contributed by atoms with Crippen LogP contribution in [0.3, 0.4) is 0 Å². The Hall–Kier alpha value is -3.31. The highest BCUT2D eigenvalue weighted by Gasteiger charge is 2.30. The van der Waals surface area contributed by atoms with Gasteiger partial charge in [-0.1, -0.05) is 12.1 Å². The Balaban J connectivity index is 1.74. The third-order valence-electron chi connectivity index (χ3n) is 4.62. The summed E-state index contributed by atoms with van der Waals surface area (Å²) >= 11 is 0. The first-order valence-corrected chi connectivity index (χ1v) is 9.61. The summed E-state index contributed by atoms with van der Waals surface area (Å²) in [5, 5.41) is 22.6. The van der Waals surface area contributed by atoms with Gasteiger partial charge in [-0.25, -0.2) is 9.37 Å². The standard InChI is InChI=1S/C20H24FN5O5/c1-25(2)11-15(27)26-7-8-31-14(10-26)18-23-16(17(28)20(30)24-18)19(29)22-9-12-3-5-13(21)6-4-12/h3-6,14,28H,7-11H2,1-2H3,(H,22,29)(H,23,24,30). The van der Waals surface area contributed by atoms with E-state index in [4.69, 9.17) is 4.74 Å². The van der Waals surface area contributed by atoms with Crippen molar-refractivity contribution >= 4 is 11.8 Å². The van der Waals surface area contributed by atoms with E-state index in [0.717, 1.165) is 0 Å². The topological polar surface area (TPSA) is 128 Å². The zero-order valence-electron chi connectivity index (χ0n) is 17.2. The molecule has 0 bridgehead atoms. The summed E-state index contributed by atoms with van der Waals surface area (Å²) in [6.45, 7) is 1.07. The monoisotopic (exact) mass is 433 g/mol. The van der Waals surface area contributed by atoms with Crippen LogP contribution in [0.1, 0.15) is 28.0 Å². The number of amides is 2. The molecule has 0 saturated carbocycles. The summed E-state index contributed by atoms with van der Waals surface area (Å²) in [5.74, 6) is -2.81. The number of morpholine rings is 1. The van der Waals surface area contributed by atoms with Gasteiger partial charge in [0.1, 0.15) is 11.9 Å². The summed E-state index contributed by atoms with van der Waals surface area (Å²) in [6, 6.07) is 5.54. The molecular weight excluding hydrogens is 409 g/mol. The van der Waals surface area contributed by atoms with Gasteiger partial charge < -0.3 is 30.1 Å². The number of carbonyl (C=O) groups excluding carboxylic acids is 2. The van der Waals surface area contributed by atoms with Gasteiger partial charge in [-0.3, -0.25) is 9.59 Å². The number of hydrogen-bond donors (Lipinski definition) is 3. The molecule has 1 aliphatic rings. The number of nitrogens with one attached hydrogen (secondary N) is 1. The van der Waals surface area contributed by atoms with Crippen molar-refractivity contribution in [1.29, 1.82) is 0 Å². The average molecular weight is 433 g/mol. The van der Waals surface area contributed by atoms with Crippen LogP contribution >= 0.6 is 0 Å². The van der Waals surface area contributed by atoms with Crippen LogP contribution in [0, 0.1) is 5.82 Å². The van der Waals surface area contributed by atoms with E-state index in [1.165, 1.54) is 24.3 Å². The lowest BCUT2D eigenvalue weighted by Gasteiger charge is -2.33. The van der Waals surface area contributed by atoms with E-state index >= 15 is 0 Å². The number of halogens is 1. The van der Waals surface area contributed by atoms with E-state index in [9.17, 15) is 24.2 Å². The Bertz CT molecular complexity index is 954. The minimum absolute atomic E-state index is 0.0235. The molecule has 1 saturated heterocycles. The van der Waals surface area contributed by atoms with Gasteiger partial charge in [-0.05, 0) is 31.8 Å². The molecule has 2 heterocycles. The zero-order valence-corrected chi connectivity index (χ0v) is 17.2. The molecule has 31 heavy (non-hydrogen) atoms. The first-order valence-electron chi connectivity index (χ1n) is 9.61. The van der Waals surface area contributed by atoms with Crippen molar-refractivity contribution < 1.29 is 28.9 Å². The third kappa shape index (κ3) is 5.64. The number of aromatic nitrogens is 2. The van der Waals surface area contributed by atoms with E-state index in [2.05, 4.69) is 15.3 Å². The largest absolute Gasteiger partial charge is 0.501 e. The van der Waals surface area contributed by atoms with Crippen LogP contribution in [0.5, 0.6) is 11.6 Å². The Morgan fingerprint density at radius 3 is 2.65 bits per heavy atom. The average Bonchev–Trinajstić information content (AvgIpc) is 2.74. The molecule has 1 aliphatic heterocycles. The van der Waals surface area contributed by atoms with E-state index in [1.807, 2.05) is 0 Å². The molecule has 0 spiro atoms. The van der Waals surface area contributed by atoms with Crippen LogP contribution < -0.4 is 5.32 Å². The maximum absolute atomic E-state index is 13.0. The maximum Gasteiger partial charge on any atom is 0.274 e. The molecule has 11 heteroatoms. The number of nitrogens with zero attached hydrogens (tertiary/aromatic N) is 4. The lowest BCUT2D eigenvalue weighted by atomic mass is 10.2. The molecule has 1 aromatic heterocycles. The van der Waals surface area contributed by atoms with Crippen molar-refractivity contribution in [2.75, 3.05) is 40.3 Å². The second kappa shape index (κ2) is 9.67. The van der Waals surface area contributed by atoms with Crippen LogP contribution in [0.4, 0.5) is 4.39 Å². The molecule has 0 radical (unpaired) electrons. The summed E-state index contributed by atoms with van der Waals surface area (Å²) in [6.07, 6.45) is -0.769. The summed E-state index contributed by atoms with van der Waals surface area (Å²) in [7, 11) is 3.57. The van der Waals surface area contributed by atoms with Gasteiger partial charge in [0.25, 0.3) is 11.8 Å². The number of ether oxygens (including phenoxy) is 1. The lowest BCUT2D eigenvalue weighted by Crippen LogP contribution is -2.46. The van der Waals surface area contributed by atoms with Gasteiger partial charge >= 0.3 is 0 Å². The van der Waals surface area contributed by atoms with Crippen LogP contribution in [-0.4, -0.2) is 82.1 Å². The minimum Gasteiger partial charge on any atom is -0.501 e. The molecule has 3 rings (SSSR count). The number of likely N-dealkylation sites (N-methyl/N-ethyl adjacent to an activating group) is 1. The predicted molar refractivity (Wildman–Crippen MR) is 107 cm³/mol. The first-order chi connectivity index (χ1) is 14.7. The van der Waals surface area contributed by atoms with Crippen LogP contribution in [0.25, 0.3) is 0 Å². The molecule has 3 N–H and O–H groups in total. The summed E-state index contributed by atoms with van der Waals surface area (Å²) in [4.78, 5) is 36.1. The summed E-state index contributed by atoms with van der Waals surface area (Å²) in [5.41, 5.74) is 0.211. The van der Waals surface area contributed by atoms with Crippen molar-refractivity contribution in [1.82, 2.24) is 25.1 Å². The van der Waals surface area contributed by atoms with E-state index in [0.29, 0.717) is 12.1 Å². The van der Waals surface area contributed by atoms with Gasteiger partial charge in [-0.2, -0.15) is 4.98 Å². The van der Waals surface area contributed by atoms with Gasteiger partial charge in [0.15, 0.2) is 11.5 Å². The fourth-order valence-electron chi connectivity index (χ4n) is 3.03. The highest BCUT2D eigenvalue weighted by atomic mass is 19.1. The Morgan fingerprint density at radius 2 is 1.97 bits per heavy atom. The van der Waals surface area contributed by atoms with Crippen LogP contribution in [-0.2, 0) is 16.1 Å². The van der Waals surface area contributed by atoms with E-state index < -0.39 is 35.2 Å². The molecule has 2 aromatic rings. The number of rotatable bonds is 6. The third-order valence-corrected chi connectivity index (χ3v) is 4.62. The molecule has 1 atom stereocenters. The van der Waals surface area contributed by atoms with Crippen LogP contribution in [0.2, 0.25) is 0 Å². The smallest absolute Gasteiger partial charge is 0.274 e. The highest BCUT2D eigenvalue weighted by Crippen LogP contribution is 2.29. The minimum atomic E-state index is -0.769. The zero-order chi connectivity index (χ0) is 22.5. The molecule has 10 nitrogen and oxygen atoms in total. The predicted octanol–water partition coefficient (Wildman–Crippen LogP) is 0.418. The second-order valence-corrected chi connectivity index (χ2v) is 7.35. The molecule has 1 aromatic carbocycles. The van der Waals surface area contributed by atoms with Crippen molar-refractivity contribution in [2.45, 2.75) is 12.6 Å². The maximum atomic E-state index is 13.0. The number of carbonyl (C=O) groups is 2. The molecule has 166 valence electrons. The van der Waals surface area contributed by atoms with Crippen molar-refractivity contribution in [3.05, 3.63) is 47.2 Å². The number of aromatic hydroxyl groups is 2. The molecule has 2 amide bonds. The van der Waals surface area contributed by atoms with E-state index in [1.54, 1.807) is 23.9 Å². The molecular formula is C20H24FN5O5. The quantitative estimate of drug-likeness (QED) is 0.598. The van der Waals surface area contributed by atoms with Gasteiger partial charge in [0.05, 0.1) is 19.7 Å². The van der Waals surface area contributed by atoms with Gasteiger partial charge in [-0.15, -0.1) is 0 Å². The Morgan fingerprint density at radius 1 is 1.26 bits per heavy atom. The first kappa shape index (κ1) is 22.4. The fraction of sp³-hybridized carbons (Fsp3) is 0.400. The van der Waals surface area contributed by atoms with Crippen molar-refractivity contribution in [3.8, 4) is 11.6 Å². The fourth-order valence-corrected chi connectivity index (χ4v) is 3.03.